The third-order valence-corrected chi connectivity index (χ3v) is 6.59. The number of hydrogen-bond donors (Lipinski definition) is 4. The number of nitrogens with two attached hydrogens (primary N) is 1. The van der Waals surface area contributed by atoms with Gasteiger partial charge in [0.25, 0.3) is 5.91 Å². The van der Waals surface area contributed by atoms with Gasteiger partial charge < -0.3 is 21.3 Å². The summed E-state index contributed by atoms with van der Waals surface area (Å²) in [6.07, 6.45) is 5.59. The molecule has 32 heavy (non-hydrogen) atoms. The molecule has 1 heterocycles. The monoisotopic (exact) mass is 461 g/mol. The Morgan fingerprint density at radius 3 is 2.69 bits per heavy atom. The number of rotatable bonds is 7. The summed E-state index contributed by atoms with van der Waals surface area (Å²) >= 11 is 6.05. The summed E-state index contributed by atoms with van der Waals surface area (Å²) in [5.41, 5.74) is 5.73. The number of benzene rings is 1. The largest absolute Gasteiger partial charge is 0.376 e. The molecule has 5 N–H and O–H groups in total. The zero-order chi connectivity index (χ0) is 23.5. The Labute approximate surface area is 193 Å². The topological polar surface area (TPSA) is 128 Å². The van der Waals surface area contributed by atoms with Crippen LogP contribution >= 0.6 is 11.6 Å². The molecule has 1 aromatic rings. The second-order valence-corrected chi connectivity index (χ2v) is 9.93. The molecule has 0 bridgehead atoms. The summed E-state index contributed by atoms with van der Waals surface area (Å²) in [5, 5.41) is 14.4. The van der Waals surface area contributed by atoms with Gasteiger partial charge in [-0.05, 0) is 55.7 Å². The van der Waals surface area contributed by atoms with Crippen molar-refractivity contribution in [2.75, 3.05) is 18.4 Å². The maximum atomic E-state index is 13.0. The maximum absolute atomic E-state index is 13.0. The lowest BCUT2D eigenvalue weighted by Crippen LogP contribution is -2.51. The summed E-state index contributed by atoms with van der Waals surface area (Å²) in [6, 6.07) is 4.28. The van der Waals surface area contributed by atoms with Gasteiger partial charge in [-0.1, -0.05) is 31.9 Å². The Morgan fingerprint density at radius 1 is 1.25 bits per heavy atom. The van der Waals surface area contributed by atoms with Gasteiger partial charge in [0.2, 0.25) is 11.8 Å². The fraction of sp³-hybridized carbons (Fsp3) is 0.565. The van der Waals surface area contributed by atoms with Crippen LogP contribution < -0.4 is 16.4 Å². The summed E-state index contributed by atoms with van der Waals surface area (Å²) in [6.45, 7) is 4.89. The van der Waals surface area contributed by atoms with Crippen molar-refractivity contribution < 1.29 is 14.4 Å². The lowest BCUT2D eigenvalue weighted by atomic mass is 9.75. The minimum absolute atomic E-state index is 0.0837. The number of carbonyl (C=O) groups excluding carboxylic acids is 3. The van der Waals surface area contributed by atoms with E-state index in [9.17, 15) is 14.4 Å². The zero-order valence-electron chi connectivity index (χ0n) is 18.7. The van der Waals surface area contributed by atoms with Gasteiger partial charge in [-0.25, -0.2) is 0 Å². The van der Waals surface area contributed by atoms with E-state index in [-0.39, 0.29) is 41.1 Å². The van der Waals surface area contributed by atoms with Crippen LogP contribution in [0.15, 0.2) is 18.2 Å². The van der Waals surface area contributed by atoms with Crippen molar-refractivity contribution in [2.45, 2.75) is 64.5 Å². The van der Waals surface area contributed by atoms with E-state index in [1.54, 1.807) is 17.0 Å². The van der Waals surface area contributed by atoms with Crippen LogP contribution in [0.1, 0.15) is 57.9 Å². The Balaban J connectivity index is 1.63. The third kappa shape index (κ3) is 5.79. The van der Waals surface area contributed by atoms with E-state index in [1.807, 2.05) is 0 Å². The lowest BCUT2D eigenvalue weighted by Gasteiger charge is -2.36. The van der Waals surface area contributed by atoms with Crippen molar-refractivity contribution in [1.82, 2.24) is 10.2 Å². The average molecular weight is 462 g/mol. The number of primary amides is 1. The van der Waals surface area contributed by atoms with Gasteiger partial charge in [0, 0.05) is 28.9 Å². The molecule has 3 rings (SSSR count). The highest BCUT2D eigenvalue weighted by molar-refractivity contribution is 6.45. The van der Waals surface area contributed by atoms with Crippen molar-refractivity contribution >= 4 is 40.7 Å². The van der Waals surface area contributed by atoms with Gasteiger partial charge in [0.15, 0.2) is 0 Å². The van der Waals surface area contributed by atoms with E-state index in [0.717, 1.165) is 32.1 Å². The molecule has 2 aliphatic rings. The number of halogens is 1. The summed E-state index contributed by atoms with van der Waals surface area (Å²) in [5.74, 6) is -1.18. The van der Waals surface area contributed by atoms with Gasteiger partial charge in [-0.2, -0.15) is 0 Å². The number of anilines is 1. The summed E-state index contributed by atoms with van der Waals surface area (Å²) < 4.78 is 0. The Morgan fingerprint density at radius 2 is 2.00 bits per heavy atom. The predicted molar refractivity (Wildman–Crippen MR) is 125 cm³/mol. The van der Waals surface area contributed by atoms with E-state index in [1.165, 1.54) is 6.07 Å². The first kappa shape index (κ1) is 24.0. The fourth-order valence-corrected chi connectivity index (χ4v) is 4.91. The minimum Gasteiger partial charge on any atom is -0.376 e. The number of nitrogens with one attached hydrogen (secondary N) is 3. The molecule has 1 unspecified atom stereocenters. The molecule has 1 aliphatic heterocycles. The van der Waals surface area contributed by atoms with Crippen molar-refractivity contribution in [3.8, 4) is 0 Å². The van der Waals surface area contributed by atoms with Gasteiger partial charge in [-0.3, -0.25) is 19.8 Å². The second-order valence-electron chi connectivity index (χ2n) is 9.49. The number of carbonyl (C=O) groups is 3. The first-order chi connectivity index (χ1) is 15.1. The Kier molecular flexibility index (Phi) is 7.44. The molecular weight excluding hydrogens is 430 g/mol. The molecule has 1 aromatic carbocycles. The van der Waals surface area contributed by atoms with Gasteiger partial charge >= 0.3 is 0 Å². The number of nitrogens with zero attached hydrogens (tertiary/aromatic N) is 1. The molecule has 1 saturated carbocycles. The third-order valence-electron chi connectivity index (χ3n) is 6.35. The quantitative estimate of drug-likeness (QED) is 0.465. The maximum Gasteiger partial charge on any atom is 0.267 e. The van der Waals surface area contributed by atoms with Crippen LogP contribution in [0.3, 0.4) is 0 Å². The van der Waals surface area contributed by atoms with Crippen molar-refractivity contribution in [2.24, 2.45) is 11.1 Å². The average Bonchev–Trinajstić information content (AvgIpc) is 3.21. The molecule has 9 heteroatoms. The molecule has 1 saturated heterocycles. The molecule has 0 spiro atoms. The molecule has 1 aliphatic carbocycles. The number of likely N-dealkylation sites (tertiary alicyclic amines) is 1. The van der Waals surface area contributed by atoms with Crippen LogP contribution in [0.4, 0.5) is 5.69 Å². The molecule has 8 nitrogen and oxygen atoms in total. The highest BCUT2D eigenvalue weighted by Crippen LogP contribution is 2.35. The van der Waals surface area contributed by atoms with Crippen LogP contribution in [0.25, 0.3) is 0 Å². The molecule has 2 atom stereocenters. The van der Waals surface area contributed by atoms with Crippen molar-refractivity contribution in [3.05, 3.63) is 28.8 Å². The Hall–Kier alpha value is -2.61. The van der Waals surface area contributed by atoms with Crippen molar-refractivity contribution in [3.63, 3.8) is 0 Å². The van der Waals surface area contributed by atoms with Crippen LogP contribution in [0.5, 0.6) is 0 Å². The zero-order valence-corrected chi connectivity index (χ0v) is 19.4. The summed E-state index contributed by atoms with van der Waals surface area (Å²) in [4.78, 5) is 38.9. The van der Waals surface area contributed by atoms with Crippen LogP contribution in [0.2, 0.25) is 5.02 Å². The Bertz CT molecular complexity index is 917. The number of hydrogen-bond acceptors (Lipinski definition) is 5. The molecule has 2 fully saturated rings. The first-order valence-electron chi connectivity index (χ1n) is 11.1. The van der Waals surface area contributed by atoms with Crippen LogP contribution in [-0.4, -0.2) is 53.5 Å². The lowest BCUT2D eigenvalue weighted by molar-refractivity contribution is -0.137. The summed E-state index contributed by atoms with van der Waals surface area (Å²) in [7, 11) is 0. The second kappa shape index (κ2) is 9.90. The molecule has 174 valence electrons. The highest BCUT2D eigenvalue weighted by atomic mass is 35.5. The van der Waals surface area contributed by atoms with Crippen LogP contribution in [-0.2, 0) is 14.4 Å². The SMILES string of the molecule is CC1(C)CCCC(NC(=O)[C@@H]2CCCN2C(=O)CNc2cc(Cl)ccc2C(=N)C(N)=O)C1. The van der Waals surface area contributed by atoms with Gasteiger partial charge in [-0.15, -0.1) is 0 Å². The molecular formula is C23H32ClN5O3. The van der Waals surface area contributed by atoms with E-state index in [4.69, 9.17) is 22.7 Å². The molecule has 0 aromatic heterocycles. The first-order valence-corrected chi connectivity index (χ1v) is 11.5. The van der Waals surface area contributed by atoms with E-state index >= 15 is 0 Å². The smallest absolute Gasteiger partial charge is 0.267 e. The standard InChI is InChI=1S/C23H32ClN5O3/c1-23(2)9-3-5-15(12-23)28-22(32)18-6-4-10-29(18)19(30)13-27-17-11-14(24)7-8-16(17)20(25)21(26)31/h7-8,11,15,18,25,27H,3-6,9-10,12-13H2,1-2H3,(H2,26,31)(H,28,32)/t15?,18-/m0/s1. The molecule has 0 radical (unpaired) electrons. The van der Waals surface area contributed by atoms with Crippen LogP contribution in [0, 0.1) is 10.8 Å². The minimum atomic E-state index is -0.871. The highest BCUT2D eigenvalue weighted by Gasteiger charge is 2.36. The fourth-order valence-electron chi connectivity index (χ4n) is 4.74. The van der Waals surface area contributed by atoms with Gasteiger partial charge in [0.05, 0.1) is 6.54 Å². The van der Waals surface area contributed by atoms with E-state index in [2.05, 4.69) is 24.5 Å². The predicted octanol–water partition coefficient (Wildman–Crippen LogP) is 2.68. The normalized spacial score (nSPS) is 22.3. The van der Waals surface area contributed by atoms with Gasteiger partial charge in [0.1, 0.15) is 11.8 Å². The molecule has 3 amide bonds. The van der Waals surface area contributed by atoms with E-state index in [0.29, 0.717) is 23.7 Å². The van der Waals surface area contributed by atoms with Crippen molar-refractivity contribution in [1.29, 1.82) is 5.41 Å². The number of amides is 3. The van der Waals surface area contributed by atoms with E-state index < -0.39 is 11.9 Å².